The first-order chi connectivity index (χ1) is 9.85. The van der Waals surface area contributed by atoms with Crippen LogP contribution in [0.3, 0.4) is 0 Å². The van der Waals surface area contributed by atoms with Crippen molar-refractivity contribution in [3.8, 4) is 0 Å². The van der Waals surface area contributed by atoms with Gasteiger partial charge in [-0.3, -0.25) is 0 Å². The average molecular weight is 312 g/mol. The van der Waals surface area contributed by atoms with Gasteiger partial charge in [0, 0.05) is 18.5 Å². The van der Waals surface area contributed by atoms with E-state index in [9.17, 15) is 14.7 Å². The molecule has 1 unspecified atom stereocenters. The molecule has 0 saturated heterocycles. The maximum atomic E-state index is 12.4. The number of carbonyl (C=O) groups excluding carboxylic acids is 1. The SMILES string of the molecule is COCC(C)(C)NC(=O)N1CCc2sccc2C1C(=O)O. The second-order valence-corrected chi connectivity index (χ2v) is 6.73. The van der Waals surface area contributed by atoms with Crippen molar-refractivity contribution in [1.29, 1.82) is 0 Å². The minimum absolute atomic E-state index is 0.355. The molecule has 0 saturated carbocycles. The lowest BCUT2D eigenvalue weighted by atomic mass is 10.00. The summed E-state index contributed by atoms with van der Waals surface area (Å²) in [6.45, 7) is 4.43. The Hall–Kier alpha value is -1.60. The molecular formula is C14H20N2O4S. The highest BCUT2D eigenvalue weighted by molar-refractivity contribution is 7.10. The van der Waals surface area contributed by atoms with Gasteiger partial charge in [0.25, 0.3) is 0 Å². The molecule has 2 heterocycles. The maximum absolute atomic E-state index is 12.4. The minimum atomic E-state index is -1.01. The van der Waals surface area contributed by atoms with E-state index in [0.717, 1.165) is 10.4 Å². The van der Waals surface area contributed by atoms with Crippen LogP contribution < -0.4 is 5.32 Å². The molecule has 21 heavy (non-hydrogen) atoms. The monoisotopic (exact) mass is 312 g/mol. The van der Waals surface area contributed by atoms with E-state index in [-0.39, 0.29) is 6.03 Å². The zero-order valence-corrected chi connectivity index (χ0v) is 13.2. The third-order valence-electron chi connectivity index (χ3n) is 3.41. The third-order valence-corrected chi connectivity index (χ3v) is 4.41. The Labute approximate surface area is 127 Å². The van der Waals surface area contributed by atoms with Gasteiger partial charge in [-0.25, -0.2) is 9.59 Å². The van der Waals surface area contributed by atoms with Gasteiger partial charge < -0.3 is 20.1 Å². The molecule has 0 radical (unpaired) electrons. The van der Waals surface area contributed by atoms with Crippen LogP contribution >= 0.6 is 11.3 Å². The zero-order chi connectivity index (χ0) is 15.6. The lowest BCUT2D eigenvalue weighted by molar-refractivity contribution is -0.142. The normalized spacial score (nSPS) is 18.2. The molecule has 2 N–H and O–H groups in total. The van der Waals surface area contributed by atoms with E-state index < -0.39 is 17.6 Å². The van der Waals surface area contributed by atoms with Crippen molar-refractivity contribution in [3.05, 3.63) is 21.9 Å². The summed E-state index contributed by atoms with van der Waals surface area (Å²) in [6.07, 6.45) is 0.689. The molecule has 1 atom stereocenters. The summed E-state index contributed by atoms with van der Waals surface area (Å²) >= 11 is 1.54. The molecule has 0 spiro atoms. The van der Waals surface area contributed by atoms with E-state index in [1.54, 1.807) is 13.2 Å². The predicted octanol–water partition coefficient (Wildman–Crippen LogP) is 1.87. The first-order valence-corrected chi connectivity index (χ1v) is 7.60. The van der Waals surface area contributed by atoms with Gasteiger partial charge >= 0.3 is 12.0 Å². The summed E-state index contributed by atoms with van der Waals surface area (Å²) in [7, 11) is 1.56. The standard InChI is InChI=1S/C14H20N2O4S/c1-14(2,8-20-3)15-13(19)16-6-4-10-9(5-7-21-10)11(16)12(17)18/h5,7,11H,4,6,8H2,1-3H3,(H,15,19)(H,17,18). The number of nitrogens with zero attached hydrogens (tertiary/aromatic N) is 1. The third kappa shape index (κ3) is 3.36. The summed E-state index contributed by atoms with van der Waals surface area (Å²) in [5, 5.41) is 14.2. The van der Waals surface area contributed by atoms with Gasteiger partial charge in [0.15, 0.2) is 6.04 Å². The summed E-state index contributed by atoms with van der Waals surface area (Å²) in [4.78, 5) is 26.4. The Bertz CT molecular complexity index is 541. The molecule has 1 aliphatic heterocycles. The Kier molecular flexibility index (Phi) is 4.53. The number of methoxy groups -OCH3 is 1. The second kappa shape index (κ2) is 6.03. The highest BCUT2D eigenvalue weighted by atomic mass is 32.1. The first kappa shape index (κ1) is 15.8. The Morgan fingerprint density at radius 1 is 1.57 bits per heavy atom. The average Bonchev–Trinajstić information content (AvgIpc) is 2.84. The fourth-order valence-electron chi connectivity index (χ4n) is 2.56. The molecule has 1 aromatic rings. The number of hydrogen-bond acceptors (Lipinski definition) is 4. The van der Waals surface area contributed by atoms with E-state index in [2.05, 4.69) is 5.32 Å². The Balaban J connectivity index is 2.19. The van der Waals surface area contributed by atoms with Gasteiger partial charge in [0.2, 0.25) is 0 Å². The molecule has 6 nitrogen and oxygen atoms in total. The molecule has 2 amide bonds. The molecule has 2 rings (SSSR count). The Morgan fingerprint density at radius 3 is 2.90 bits per heavy atom. The lowest BCUT2D eigenvalue weighted by Gasteiger charge is -2.36. The van der Waals surface area contributed by atoms with Crippen LogP contribution in [0.5, 0.6) is 0 Å². The number of hydrogen-bond donors (Lipinski definition) is 2. The molecule has 0 aliphatic carbocycles. The smallest absolute Gasteiger partial charge is 0.331 e. The molecule has 0 fully saturated rings. The van der Waals surface area contributed by atoms with E-state index in [4.69, 9.17) is 4.74 Å². The second-order valence-electron chi connectivity index (χ2n) is 5.73. The largest absolute Gasteiger partial charge is 0.479 e. The summed E-state index contributed by atoms with van der Waals surface area (Å²) in [5.74, 6) is -1.01. The van der Waals surface area contributed by atoms with Crippen LogP contribution in [0.2, 0.25) is 0 Å². The Morgan fingerprint density at radius 2 is 2.29 bits per heavy atom. The number of carbonyl (C=O) groups is 2. The van der Waals surface area contributed by atoms with Crippen LogP contribution in [-0.4, -0.2) is 47.8 Å². The van der Waals surface area contributed by atoms with Gasteiger partial charge in [-0.05, 0) is 37.3 Å². The molecular weight excluding hydrogens is 292 g/mol. The first-order valence-electron chi connectivity index (χ1n) is 6.72. The molecule has 0 aromatic carbocycles. The highest BCUT2D eigenvalue weighted by Gasteiger charge is 2.38. The van der Waals surface area contributed by atoms with E-state index >= 15 is 0 Å². The van der Waals surface area contributed by atoms with Crippen molar-refractivity contribution >= 4 is 23.3 Å². The quantitative estimate of drug-likeness (QED) is 0.889. The van der Waals surface area contributed by atoms with Gasteiger partial charge in [-0.2, -0.15) is 0 Å². The van der Waals surface area contributed by atoms with E-state index in [1.165, 1.54) is 16.2 Å². The number of thiophene rings is 1. The maximum Gasteiger partial charge on any atom is 0.331 e. The fraction of sp³-hybridized carbons (Fsp3) is 0.571. The highest BCUT2D eigenvalue weighted by Crippen LogP contribution is 2.33. The lowest BCUT2D eigenvalue weighted by Crippen LogP contribution is -2.55. The molecule has 0 bridgehead atoms. The summed E-state index contributed by atoms with van der Waals surface area (Å²) < 4.78 is 5.07. The van der Waals surface area contributed by atoms with Crippen molar-refractivity contribution in [1.82, 2.24) is 10.2 Å². The van der Waals surface area contributed by atoms with Crippen molar-refractivity contribution < 1.29 is 19.4 Å². The molecule has 7 heteroatoms. The van der Waals surface area contributed by atoms with Crippen molar-refractivity contribution in [2.24, 2.45) is 0 Å². The van der Waals surface area contributed by atoms with Gasteiger partial charge in [0.05, 0.1) is 12.1 Å². The van der Waals surface area contributed by atoms with Crippen molar-refractivity contribution in [2.75, 3.05) is 20.3 Å². The van der Waals surface area contributed by atoms with Crippen LogP contribution in [0.4, 0.5) is 4.79 Å². The fourth-order valence-corrected chi connectivity index (χ4v) is 3.46. The number of carboxylic acid groups (broad SMARTS) is 1. The van der Waals surface area contributed by atoms with Crippen LogP contribution in [0.1, 0.15) is 30.3 Å². The number of urea groups is 1. The topological polar surface area (TPSA) is 78.9 Å². The number of carboxylic acids is 1. The molecule has 116 valence electrons. The number of aliphatic carboxylic acids is 1. The molecule has 1 aromatic heterocycles. The van der Waals surface area contributed by atoms with E-state index in [1.807, 2.05) is 19.2 Å². The zero-order valence-electron chi connectivity index (χ0n) is 12.4. The summed E-state index contributed by atoms with van der Waals surface area (Å²) in [6, 6.07) is 0.498. The number of ether oxygens (including phenoxy) is 1. The number of amides is 2. The number of rotatable bonds is 4. The van der Waals surface area contributed by atoms with Crippen LogP contribution in [0.15, 0.2) is 11.4 Å². The van der Waals surface area contributed by atoms with Gasteiger partial charge in [0.1, 0.15) is 0 Å². The van der Waals surface area contributed by atoms with Crippen molar-refractivity contribution in [2.45, 2.75) is 31.8 Å². The van der Waals surface area contributed by atoms with Gasteiger partial charge in [-0.15, -0.1) is 11.3 Å². The van der Waals surface area contributed by atoms with Crippen LogP contribution in [-0.2, 0) is 16.0 Å². The van der Waals surface area contributed by atoms with Crippen molar-refractivity contribution in [3.63, 3.8) is 0 Å². The minimum Gasteiger partial charge on any atom is -0.479 e. The number of fused-ring (bicyclic) bond motifs is 1. The molecule has 1 aliphatic rings. The van der Waals surface area contributed by atoms with Gasteiger partial charge in [-0.1, -0.05) is 0 Å². The van der Waals surface area contributed by atoms with E-state index in [0.29, 0.717) is 19.6 Å². The predicted molar refractivity (Wildman–Crippen MR) is 79.6 cm³/mol. The number of nitrogens with one attached hydrogen (secondary N) is 1. The van der Waals surface area contributed by atoms with Crippen LogP contribution in [0, 0.1) is 0 Å². The van der Waals surface area contributed by atoms with Crippen LogP contribution in [0.25, 0.3) is 0 Å². The summed E-state index contributed by atoms with van der Waals surface area (Å²) in [5.41, 5.74) is 0.169.